The lowest BCUT2D eigenvalue weighted by Gasteiger charge is -2.29. The first-order valence-electron chi connectivity index (χ1n) is 6.29. The average Bonchev–Trinajstić information content (AvgIpc) is 3.11. The smallest absolute Gasteiger partial charge is 0.241 e. The molecule has 1 aromatic carbocycles. The zero-order valence-electron chi connectivity index (χ0n) is 11.1. The minimum Gasteiger partial charge on any atom is -0.329 e. The largest absolute Gasteiger partial charge is 0.329 e. The van der Waals surface area contributed by atoms with Gasteiger partial charge >= 0.3 is 0 Å². The van der Waals surface area contributed by atoms with E-state index in [4.69, 9.17) is 5.73 Å². The van der Waals surface area contributed by atoms with E-state index in [0.717, 1.165) is 18.9 Å². The van der Waals surface area contributed by atoms with Crippen LogP contribution in [0.2, 0.25) is 0 Å². The minimum atomic E-state index is -3.68. The van der Waals surface area contributed by atoms with Gasteiger partial charge in [0, 0.05) is 12.1 Å². The van der Waals surface area contributed by atoms with Crippen molar-refractivity contribution in [2.45, 2.75) is 37.1 Å². The van der Waals surface area contributed by atoms with Crippen LogP contribution >= 0.6 is 0 Å². The van der Waals surface area contributed by atoms with Crippen LogP contribution in [0.1, 0.15) is 25.3 Å². The van der Waals surface area contributed by atoms with Crippen molar-refractivity contribution in [3.05, 3.63) is 29.6 Å². The quantitative estimate of drug-likeness (QED) is 0.862. The van der Waals surface area contributed by atoms with Crippen LogP contribution in [0, 0.1) is 18.7 Å². The summed E-state index contributed by atoms with van der Waals surface area (Å²) in [6.07, 6.45) is 1.97. The van der Waals surface area contributed by atoms with E-state index in [0.29, 0.717) is 5.56 Å². The van der Waals surface area contributed by atoms with Crippen LogP contribution in [-0.4, -0.2) is 20.5 Å². The van der Waals surface area contributed by atoms with Gasteiger partial charge in [-0.25, -0.2) is 17.5 Å². The number of aryl methyl sites for hydroxylation is 1. The molecule has 1 unspecified atom stereocenters. The number of sulfonamides is 1. The highest BCUT2D eigenvalue weighted by Crippen LogP contribution is 2.39. The molecule has 0 bridgehead atoms. The molecule has 0 aromatic heterocycles. The van der Waals surface area contributed by atoms with Crippen molar-refractivity contribution in [3.63, 3.8) is 0 Å². The van der Waals surface area contributed by atoms with Gasteiger partial charge in [0.15, 0.2) is 0 Å². The van der Waals surface area contributed by atoms with Crippen molar-refractivity contribution in [1.82, 2.24) is 4.72 Å². The Hall–Kier alpha value is -0.980. The Bertz CT molecular complexity index is 584. The molecule has 0 amide bonds. The van der Waals surface area contributed by atoms with Crippen molar-refractivity contribution in [2.24, 2.45) is 11.7 Å². The van der Waals surface area contributed by atoms with Crippen LogP contribution in [0.5, 0.6) is 0 Å². The Balaban J connectivity index is 2.32. The van der Waals surface area contributed by atoms with Gasteiger partial charge < -0.3 is 5.73 Å². The van der Waals surface area contributed by atoms with Crippen LogP contribution in [0.4, 0.5) is 4.39 Å². The predicted molar refractivity (Wildman–Crippen MR) is 71.6 cm³/mol. The van der Waals surface area contributed by atoms with Gasteiger partial charge in [-0.2, -0.15) is 0 Å². The third-order valence-electron chi connectivity index (χ3n) is 3.70. The van der Waals surface area contributed by atoms with Gasteiger partial charge in [-0.15, -0.1) is 0 Å². The number of nitrogens with one attached hydrogen (secondary N) is 1. The van der Waals surface area contributed by atoms with E-state index in [1.165, 1.54) is 12.1 Å². The highest BCUT2D eigenvalue weighted by Gasteiger charge is 2.43. The molecule has 106 valence electrons. The Kier molecular flexibility index (Phi) is 3.68. The fraction of sp³-hybridized carbons (Fsp3) is 0.538. The molecule has 1 fully saturated rings. The van der Waals surface area contributed by atoms with Gasteiger partial charge in [0.2, 0.25) is 10.0 Å². The van der Waals surface area contributed by atoms with E-state index in [1.807, 2.05) is 6.92 Å². The van der Waals surface area contributed by atoms with Crippen molar-refractivity contribution in [2.75, 3.05) is 6.54 Å². The number of hydrogen-bond acceptors (Lipinski definition) is 3. The summed E-state index contributed by atoms with van der Waals surface area (Å²) in [6, 6.07) is 3.65. The number of nitrogens with two attached hydrogens (primary N) is 1. The van der Waals surface area contributed by atoms with Crippen LogP contribution in [0.3, 0.4) is 0 Å². The average molecular weight is 286 g/mol. The fourth-order valence-electron chi connectivity index (χ4n) is 2.29. The Morgan fingerprint density at radius 2 is 2.11 bits per heavy atom. The molecule has 1 aliphatic carbocycles. The third-order valence-corrected chi connectivity index (χ3v) is 5.47. The van der Waals surface area contributed by atoms with Crippen molar-refractivity contribution in [3.8, 4) is 0 Å². The van der Waals surface area contributed by atoms with E-state index in [2.05, 4.69) is 4.72 Å². The molecule has 1 atom stereocenters. The fourth-order valence-corrected chi connectivity index (χ4v) is 3.99. The predicted octanol–water partition coefficient (Wildman–Crippen LogP) is 1.54. The van der Waals surface area contributed by atoms with Crippen LogP contribution in [-0.2, 0) is 10.0 Å². The molecule has 2 rings (SSSR count). The summed E-state index contributed by atoms with van der Waals surface area (Å²) in [6.45, 7) is 3.65. The molecule has 0 heterocycles. The zero-order chi connectivity index (χ0) is 14.3. The van der Waals surface area contributed by atoms with Gasteiger partial charge in [-0.05, 0) is 56.4 Å². The molecule has 0 spiro atoms. The maximum atomic E-state index is 13.0. The maximum Gasteiger partial charge on any atom is 0.241 e. The van der Waals surface area contributed by atoms with Crippen LogP contribution in [0.25, 0.3) is 0 Å². The van der Waals surface area contributed by atoms with Gasteiger partial charge in [0.1, 0.15) is 5.82 Å². The zero-order valence-corrected chi connectivity index (χ0v) is 11.9. The summed E-state index contributed by atoms with van der Waals surface area (Å²) >= 11 is 0. The molecular formula is C13H19FN2O2S. The molecular weight excluding hydrogens is 267 g/mol. The third kappa shape index (κ3) is 2.96. The number of benzene rings is 1. The molecule has 19 heavy (non-hydrogen) atoms. The van der Waals surface area contributed by atoms with Gasteiger partial charge in [-0.3, -0.25) is 0 Å². The normalized spacial score (nSPS) is 19.2. The second kappa shape index (κ2) is 4.85. The second-order valence-electron chi connectivity index (χ2n) is 5.41. The molecule has 0 radical (unpaired) electrons. The van der Waals surface area contributed by atoms with E-state index in [1.54, 1.807) is 6.92 Å². The first-order chi connectivity index (χ1) is 8.78. The summed E-state index contributed by atoms with van der Waals surface area (Å²) in [5.41, 5.74) is 5.47. The second-order valence-corrected chi connectivity index (χ2v) is 7.06. The lowest BCUT2D eigenvalue weighted by atomic mass is 9.98. The number of halogens is 1. The topological polar surface area (TPSA) is 72.2 Å². The molecule has 1 saturated carbocycles. The Labute approximate surface area is 113 Å². The van der Waals surface area contributed by atoms with Gasteiger partial charge in [-0.1, -0.05) is 0 Å². The van der Waals surface area contributed by atoms with Crippen LogP contribution < -0.4 is 10.5 Å². The highest BCUT2D eigenvalue weighted by atomic mass is 32.2. The summed E-state index contributed by atoms with van der Waals surface area (Å²) in [4.78, 5) is 0.106. The van der Waals surface area contributed by atoms with Crippen molar-refractivity contribution >= 4 is 10.0 Å². The van der Waals surface area contributed by atoms with E-state index >= 15 is 0 Å². The molecule has 4 nitrogen and oxygen atoms in total. The molecule has 3 N–H and O–H groups in total. The highest BCUT2D eigenvalue weighted by molar-refractivity contribution is 7.89. The molecule has 0 aliphatic heterocycles. The Morgan fingerprint density at radius 3 is 2.58 bits per heavy atom. The first-order valence-corrected chi connectivity index (χ1v) is 7.77. The first kappa shape index (κ1) is 14.4. The van der Waals surface area contributed by atoms with Gasteiger partial charge in [0.25, 0.3) is 0 Å². The standard InChI is InChI=1S/C13H19FN2O2S/c1-9-7-11(14)5-6-12(9)19(17,18)16-13(2,8-15)10-3-4-10/h5-7,10,16H,3-4,8,15H2,1-2H3. The Morgan fingerprint density at radius 1 is 1.47 bits per heavy atom. The van der Waals surface area contributed by atoms with Crippen molar-refractivity contribution in [1.29, 1.82) is 0 Å². The minimum absolute atomic E-state index is 0.106. The number of hydrogen-bond donors (Lipinski definition) is 2. The molecule has 1 aromatic rings. The van der Waals surface area contributed by atoms with Gasteiger partial charge in [0.05, 0.1) is 4.90 Å². The SMILES string of the molecule is Cc1cc(F)ccc1S(=O)(=O)NC(C)(CN)C1CC1. The van der Waals surface area contributed by atoms with E-state index in [9.17, 15) is 12.8 Å². The maximum absolute atomic E-state index is 13.0. The van der Waals surface area contributed by atoms with E-state index in [-0.39, 0.29) is 17.4 Å². The summed E-state index contributed by atoms with van der Waals surface area (Å²) < 4.78 is 40.5. The van der Waals surface area contributed by atoms with Crippen LogP contribution in [0.15, 0.2) is 23.1 Å². The van der Waals surface area contributed by atoms with Crippen molar-refractivity contribution < 1.29 is 12.8 Å². The molecule has 0 saturated heterocycles. The number of rotatable bonds is 5. The molecule has 6 heteroatoms. The monoisotopic (exact) mass is 286 g/mol. The molecule has 1 aliphatic rings. The lowest BCUT2D eigenvalue weighted by Crippen LogP contribution is -2.53. The summed E-state index contributed by atoms with van der Waals surface area (Å²) in [5.74, 6) is -0.159. The lowest BCUT2D eigenvalue weighted by molar-refractivity contribution is 0.374. The summed E-state index contributed by atoms with van der Waals surface area (Å²) in [7, 11) is -3.68. The van der Waals surface area contributed by atoms with E-state index < -0.39 is 21.4 Å². The summed E-state index contributed by atoms with van der Waals surface area (Å²) in [5, 5.41) is 0.